The summed E-state index contributed by atoms with van der Waals surface area (Å²) in [5, 5.41) is 0. The average Bonchev–Trinajstić information content (AvgIpc) is 2.71. The second-order valence-electron chi connectivity index (χ2n) is 9.54. The summed E-state index contributed by atoms with van der Waals surface area (Å²) in [6, 6.07) is 0.169. The van der Waals surface area contributed by atoms with Gasteiger partial charge in [0, 0.05) is 27.4 Å². The van der Waals surface area contributed by atoms with Crippen molar-refractivity contribution in [1.29, 1.82) is 0 Å². The van der Waals surface area contributed by atoms with Crippen molar-refractivity contribution in [2.24, 2.45) is 17.8 Å². The minimum Gasteiger partial charge on any atom is -0.455 e. The molecule has 184 valence electrons. The van der Waals surface area contributed by atoms with Crippen LogP contribution in [0.2, 0.25) is 6.04 Å². The van der Waals surface area contributed by atoms with Gasteiger partial charge in [-0.3, -0.25) is 14.4 Å². The number of rotatable bonds is 11. The molecular weight excluding hydrogens is 428 g/mol. The van der Waals surface area contributed by atoms with Gasteiger partial charge in [-0.05, 0) is 62.7 Å². The summed E-state index contributed by atoms with van der Waals surface area (Å²) in [5.41, 5.74) is 0. The van der Waals surface area contributed by atoms with Crippen LogP contribution >= 0.6 is 0 Å². The van der Waals surface area contributed by atoms with Crippen molar-refractivity contribution in [2.45, 2.75) is 110 Å². The van der Waals surface area contributed by atoms with E-state index in [9.17, 15) is 14.4 Å². The maximum absolute atomic E-state index is 11.5. The quantitative estimate of drug-likeness (QED) is 0.303. The van der Waals surface area contributed by atoms with E-state index in [1.807, 2.05) is 0 Å². The van der Waals surface area contributed by atoms with Gasteiger partial charge in [-0.2, -0.15) is 0 Å². The highest BCUT2D eigenvalue weighted by molar-refractivity contribution is 6.65. The first kappa shape index (κ1) is 26.8. The first-order valence-corrected chi connectivity index (χ1v) is 14.4. The third kappa shape index (κ3) is 9.22. The van der Waals surface area contributed by atoms with Gasteiger partial charge in [-0.1, -0.05) is 32.6 Å². The molecule has 2 aliphatic rings. The van der Waals surface area contributed by atoms with E-state index < -0.39 is 26.7 Å². The zero-order valence-corrected chi connectivity index (χ0v) is 21.4. The van der Waals surface area contributed by atoms with Crippen LogP contribution in [0.1, 0.15) is 98.3 Å². The molecule has 2 aliphatic carbocycles. The fourth-order valence-electron chi connectivity index (χ4n) is 5.49. The number of hydrogen-bond acceptors (Lipinski definition) is 7. The van der Waals surface area contributed by atoms with Gasteiger partial charge in [-0.25, -0.2) is 0 Å². The first-order chi connectivity index (χ1) is 15.2. The molecule has 7 nitrogen and oxygen atoms in total. The fourth-order valence-corrected chi connectivity index (χ4v) is 7.82. The van der Waals surface area contributed by atoms with Gasteiger partial charge in [-0.15, -0.1) is 0 Å². The van der Waals surface area contributed by atoms with Crippen molar-refractivity contribution in [1.82, 2.24) is 0 Å². The van der Waals surface area contributed by atoms with Crippen LogP contribution in [-0.2, 0) is 32.4 Å². The first-order valence-electron chi connectivity index (χ1n) is 12.4. The zero-order valence-electron chi connectivity index (χ0n) is 20.4. The van der Waals surface area contributed by atoms with E-state index >= 15 is 0 Å². The average molecular weight is 471 g/mol. The summed E-state index contributed by atoms with van der Waals surface area (Å²) in [6.45, 7) is 6.37. The molecule has 0 aromatic heterocycles. The Morgan fingerprint density at radius 1 is 0.750 bits per heavy atom. The topological polar surface area (TPSA) is 88.1 Å². The molecule has 0 atom stereocenters. The largest absolute Gasteiger partial charge is 0.705 e. The van der Waals surface area contributed by atoms with Crippen LogP contribution in [0, 0.1) is 17.8 Å². The summed E-state index contributed by atoms with van der Waals surface area (Å²) in [4.78, 5) is 34.5. The lowest BCUT2D eigenvalue weighted by molar-refractivity contribution is -0.147. The molecular formula is C24H42O7Si. The van der Waals surface area contributed by atoms with Gasteiger partial charge in [0.1, 0.15) is 0 Å². The summed E-state index contributed by atoms with van der Waals surface area (Å²) < 4.78 is 21.7. The number of carbonyl (C=O) groups excluding carboxylic acids is 3. The summed E-state index contributed by atoms with van der Waals surface area (Å²) in [7, 11) is -3.75. The van der Waals surface area contributed by atoms with E-state index in [0.29, 0.717) is 13.0 Å². The Bertz CT molecular complexity index is 567. The molecule has 0 aromatic carbocycles. The Kier molecular flexibility index (Phi) is 11.2. The Labute approximate surface area is 194 Å². The van der Waals surface area contributed by atoms with Gasteiger partial charge in [0.15, 0.2) is 0 Å². The molecule has 2 fully saturated rings. The van der Waals surface area contributed by atoms with Crippen molar-refractivity contribution in [3.63, 3.8) is 0 Å². The lowest BCUT2D eigenvalue weighted by Crippen LogP contribution is -2.49. The second-order valence-corrected chi connectivity index (χ2v) is 12.0. The van der Waals surface area contributed by atoms with E-state index in [4.69, 9.17) is 18.0 Å². The molecule has 0 N–H and O–H groups in total. The van der Waals surface area contributed by atoms with E-state index in [1.165, 1.54) is 72.1 Å². The molecule has 0 aliphatic heterocycles. The van der Waals surface area contributed by atoms with Crippen molar-refractivity contribution in [2.75, 3.05) is 6.61 Å². The van der Waals surface area contributed by atoms with Crippen molar-refractivity contribution >= 4 is 26.7 Å². The standard InChI is InChI=1S/C24H42O7Si/c1-5-7-21-8-10-22(11-9-21)23-12-14-24(15-13-23)28-16-6-17-32(29-18(2)25,30-19(3)26)31-20(4)27/h21-24H,5-17H2,1-4H3/t21-,22-,23-,24-. The Hall–Kier alpha value is -1.41. The SMILES string of the molecule is CCC[C@H]1CC[C@H]([C@H]2CC[C@H](OCCC[Si](OC(C)=O)(OC(C)=O)OC(C)=O)CC2)CC1. The third-order valence-electron chi connectivity index (χ3n) is 6.85. The lowest BCUT2D eigenvalue weighted by atomic mass is 9.70. The van der Waals surface area contributed by atoms with Crippen LogP contribution in [0.3, 0.4) is 0 Å². The normalized spacial score (nSPS) is 26.2. The number of hydrogen-bond donors (Lipinski definition) is 0. The van der Waals surface area contributed by atoms with Gasteiger partial charge in [0.25, 0.3) is 17.9 Å². The Balaban J connectivity index is 1.73. The van der Waals surface area contributed by atoms with Crippen LogP contribution in [0.25, 0.3) is 0 Å². The van der Waals surface area contributed by atoms with E-state index in [0.717, 1.165) is 30.6 Å². The molecule has 0 radical (unpaired) electrons. The molecule has 0 spiro atoms. The maximum Gasteiger partial charge on any atom is 0.705 e. The second kappa shape index (κ2) is 13.3. The van der Waals surface area contributed by atoms with Crippen LogP contribution in [0.4, 0.5) is 0 Å². The van der Waals surface area contributed by atoms with E-state index in [2.05, 4.69) is 6.92 Å². The van der Waals surface area contributed by atoms with Gasteiger partial charge < -0.3 is 18.0 Å². The highest BCUT2D eigenvalue weighted by Crippen LogP contribution is 2.41. The molecule has 0 aromatic rings. The predicted octanol–water partition coefficient (Wildman–Crippen LogP) is 5.19. The monoisotopic (exact) mass is 470 g/mol. The van der Waals surface area contributed by atoms with Crippen molar-refractivity contribution < 1.29 is 32.4 Å². The van der Waals surface area contributed by atoms with Crippen molar-refractivity contribution in [3.05, 3.63) is 0 Å². The molecule has 2 rings (SSSR count). The van der Waals surface area contributed by atoms with E-state index in [-0.39, 0.29) is 12.1 Å². The fraction of sp³-hybridized carbons (Fsp3) is 0.875. The molecule has 32 heavy (non-hydrogen) atoms. The molecule has 2 saturated carbocycles. The minimum absolute atomic E-state index is 0.169. The lowest BCUT2D eigenvalue weighted by Gasteiger charge is -2.37. The molecule has 0 amide bonds. The minimum atomic E-state index is -3.75. The van der Waals surface area contributed by atoms with E-state index in [1.54, 1.807) is 0 Å². The highest BCUT2D eigenvalue weighted by Gasteiger charge is 2.51. The third-order valence-corrected chi connectivity index (χ3v) is 9.61. The highest BCUT2D eigenvalue weighted by atomic mass is 28.4. The number of ether oxygens (including phenoxy) is 1. The molecule has 0 unspecified atom stereocenters. The molecule has 8 heteroatoms. The van der Waals surface area contributed by atoms with Crippen molar-refractivity contribution in [3.8, 4) is 0 Å². The Morgan fingerprint density at radius 3 is 1.66 bits per heavy atom. The Morgan fingerprint density at radius 2 is 1.22 bits per heavy atom. The van der Waals surface area contributed by atoms with Gasteiger partial charge in [0.05, 0.1) is 12.1 Å². The maximum atomic E-state index is 11.5. The summed E-state index contributed by atoms with van der Waals surface area (Å²) in [5.74, 6) is 0.783. The molecule has 0 bridgehead atoms. The number of carbonyl (C=O) groups is 3. The smallest absolute Gasteiger partial charge is 0.455 e. The van der Waals surface area contributed by atoms with Crippen LogP contribution in [-0.4, -0.2) is 39.4 Å². The predicted molar refractivity (Wildman–Crippen MR) is 123 cm³/mol. The van der Waals surface area contributed by atoms with Crippen LogP contribution in [0.15, 0.2) is 0 Å². The summed E-state index contributed by atoms with van der Waals surface area (Å²) >= 11 is 0. The molecule has 0 saturated heterocycles. The van der Waals surface area contributed by atoms with Gasteiger partial charge in [0.2, 0.25) is 0 Å². The zero-order chi connectivity index (χ0) is 23.6. The summed E-state index contributed by atoms with van der Waals surface area (Å²) in [6.07, 6.45) is 13.7. The van der Waals surface area contributed by atoms with Crippen LogP contribution in [0.5, 0.6) is 0 Å². The van der Waals surface area contributed by atoms with Crippen LogP contribution < -0.4 is 0 Å². The van der Waals surface area contributed by atoms with Gasteiger partial charge >= 0.3 is 8.80 Å². The molecule has 0 heterocycles.